The highest BCUT2D eigenvalue weighted by molar-refractivity contribution is 5.77. The van der Waals surface area contributed by atoms with Crippen LogP contribution in [0.2, 0.25) is 0 Å². The molecule has 2 aromatic heterocycles. The summed E-state index contributed by atoms with van der Waals surface area (Å²) >= 11 is 0. The smallest absolute Gasteiger partial charge is 0.145 e. The van der Waals surface area contributed by atoms with Crippen molar-refractivity contribution in [3.63, 3.8) is 0 Å². The maximum atomic E-state index is 9.67. The molecular weight excluding hydrogens is 338 g/mol. The van der Waals surface area contributed by atoms with E-state index in [1.165, 1.54) is 5.56 Å². The number of aromatic nitrogens is 2. The number of fused-ring (bicyclic) bond motifs is 1. The number of nitrogens with one attached hydrogen (secondary N) is 2. The lowest BCUT2D eigenvalue weighted by molar-refractivity contribution is 0.240. The molecule has 0 unspecified atom stereocenters. The van der Waals surface area contributed by atoms with Gasteiger partial charge in [-0.15, -0.1) is 0 Å². The molecule has 1 aliphatic heterocycles. The summed E-state index contributed by atoms with van der Waals surface area (Å²) in [4.78, 5) is 11.5. The van der Waals surface area contributed by atoms with Gasteiger partial charge in [0.15, 0.2) is 0 Å². The van der Waals surface area contributed by atoms with Crippen molar-refractivity contribution >= 4 is 17.8 Å². The zero-order valence-corrected chi connectivity index (χ0v) is 15.9. The predicted molar refractivity (Wildman–Crippen MR) is 106 cm³/mol. The maximum absolute atomic E-state index is 9.67. The first-order valence-corrected chi connectivity index (χ1v) is 9.06. The standard InChI is InChI=1S/C22H23N3O2/c1-12(2)27-22-11-20(19-8-15-5-6-16(26)9-18(15)24-19)25-21(22)10-17-13(3)7-14(4)23-17/h5-12,23,25-26H,1-4H3/b20-19-,21-10?. The fourth-order valence-corrected chi connectivity index (χ4v) is 3.29. The van der Waals surface area contributed by atoms with Crippen molar-refractivity contribution in [2.24, 2.45) is 4.99 Å². The Morgan fingerprint density at radius 3 is 2.63 bits per heavy atom. The summed E-state index contributed by atoms with van der Waals surface area (Å²) in [5.41, 5.74) is 4.19. The summed E-state index contributed by atoms with van der Waals surface area (Å²) < 4.78 is 6.02. The Hall–Kier alpha value is -3.21. The molecule has 0 saturated heterocycles. The molecule has 3 heterocycles. The number of hydrogen-bond acceptors (Lipinski definition) is 3. The highest BCUT2D eigenvalue weighted by atomic mass is 16.5. The van der Waals surface area contributed by atoms with Crippen LogP contribution in [0.1, 0.15) is 30.8 Å². The van der Waals surface area contributed by atoms with E-state index in [-0.39, 0.29) is 11.9 Å². The number of nitrogens with zero attached hydrogens (tertiary/aromatic N) is 1. The van der Waals surface area contributed by atoms with Gasteiger partial charge in [0.05, 0.1) is 27.9 Å². The van der Waals surface area contributed by atoms with Crippen LogP contribution in [0.4, 0.5) is 0 Å². The van der Waals surface area contributed by atoms with Crippen molar-refractivity contribution in [1.82, 2.24) is 9.97 Å². The molecule has 0 atom stereocenters. The molecule has 5 nitrogen and oxygen atoms in total. The normalized spacial score (nSPS) is 15.7. The molecule has 0 fully saturated rings. The molecule has 138 valence electrons. The van der Waals surface area contributed by atoms with Crippen LogP contribution in [0.5, 0.6) is 11.5 Å². The number of H-pyrrole nitrogens is 2. The second-order valence-electron chi connectivity index (χ2n) is 7.21. The van der Waals surface area contributed by atoms with E-state index in [0.29, 0.717) is 0 Å². The summed E-state index contributed by atoms with van der Waals surface area (Å²) in [6, 6.07) is 9.32. The first-order chi connectivity index (χ1) is 12.9. The van der Waals surface area contributed by atoms with E-state index in [1.54, 1.807) is 12.1 Å². The van der Waals surface area contributed by atoms with Crippen molar-refractivity contribution < 1.29 is 9.84 Å². The molecule has 5 heteroatoms. The van der Waals surface area contributed by atoms with Crippen molar-refractivity contribution in [2.75, 3.05) is 0 Å². The van der Waals surface area contributed by atoms with Gasteiger partial charge < -0.3 is 19.8 Å². The van der Waals surface area contributed by atoms with Crippen LogP contribution in [0.15, 0.2) is 35.3 Å². The van der Waals surface area contributed by atoms with E-state index in [0.717, 1.165) is 44.1 Å². The Bertz CT molecular complexity index is 1260. The monoisotopic (exact) mass is 361 g/mol. The Morgan fingerprint density at radius 1 is 1.11 bits per heavy atom. The van der Waals surface area contributed by atoms with Crippen LogP contribution in [0, 0.1) is 13.8 Å². The minimum Gasteiger partial charge on any atom is -0.508 e. The zero-order valence-electron chi connectivity index (χ0n) is 15.9. The molecule has 3 aromatic rings. The second kappa shape index (κ2) is 6.50. The molecule has 0 amide bonds. The molecule has 27 heavy (non-hydrogen) atoms. The number of aryl methyl sites for hydroxylation is 2. The lowest BCUT2D eigenvalue weighted by Crippen LogP contribution is -2.19. The van der Waals surface area contributed by atoms with Crippen LogP contribution >= 0.6 is 0 Å². The third kappa shape index (κ3) is 3.40. The second-order valence-corrected chi connectivity index (χ2v) is 7.21. The van der Waals surface area contributed by atoms with E-state index in [9.17, 15) is 5.11 Å². The van der Waals surface area contributed by atoms with Gasteiger partial charge in [-0.2, -0.15) is 0 Å². The van der Waals surface area contributed by atoms with Gasteiger partial charge in [0.2, 0.25) is 0 Å². The molecule has 0 spiro atoms. The highest BCUT2D eigenvalue weighted by Crippen LogP contribution is 2.11. The summed E-state index contributed by atoms with van der Waals surface area (Å²) in [5.74, 6) is 1.01. The van der Waals surface area contributed by atoms with Gasteiger partial charge >= 0.3 is 0 Å². The topological polar surface area (TPSA) is 73.4 Å². The number of ether oxygens (including phenoxy) is 1. The molecular formula is C22H23N3O2. The first-order valence-electron chi connectivity index (χ1n) is 9.06. The quantitative estimate of drug-likeness (QED) is 0.662. The first kappa shape index (κ1) is 17.2. The van der Waals surface area contributed by atoms with E-state index in [2.05, 4.69) is 34.0 Å². The number of aromatic hydroxyl groups is 1. The van der Waals surface area contributed by atoms with E-state index in [4.69, 9.17) is 4.74 Å². The summed E-state index contributed by atoms with van der Waals surface area (Å²) in [6.45, 7) is 8.15. The maximum Gasteiger partial charge on any atom is 0.145 e. The molecule has 4 rings (SSSR count). The van der Waals surface area contributed by atoms with Crippen molar-refractivity contribution in [3.05, 3.63) is 68.6 Å². The Morgan fingerprint density at radius 2 is 1.93 bits per heavy atom. The minimum absolute atomic E-state index is 0.0657. The van der Waals surface area contributed by atoms with E-state index in [1.807, 2.05) is 39.0 Å². The number of phenols is 1. The SMILES string of the molecule is Cc1cc(C)c(C=c2[nH]/c(=C3/C=c4ccc(O)cc4=N3)cc2OC(C)C)[nH]1. The molecule has 0 bridgehead atoms. The highest BCUT2D eigenvalue weighted by Gasteiger charge is 2.09. The number of phenolic OH excluding ortho intramolecular Hbond substituents is 1. The summed E-state index contributed by atoms with van der Waals surface area (Å²) in [6.07, 6.45) is 4.14. The van der Waals surface area contributed by atoms with Gasteiger partial charge in [0, 0.05) is 28.7 Å². The lowest BCUT2D eigenvalue weighted by Gasteiger charge is -2.06. The van der Waals surface area contributed by atoms with Crippen LogP contribution in [-0.4, -0.2) is 21.2 Å². The molecule has 1 aromatic carbocycles. The third-order valence-corrected chi connectivity index (χ3v) is 4.47. The van der Waals surface area contributed by atoms with Crippen molar-refractivity contribution in [1.29, 1.82) is 0 Å². The van der Waals surface area contributed by atoms with E-state index >= 15 is 0 Å². The summed E-state index contributed by atoms with van der Waals surface area (Å²) in [5, 5.41) is 13.2. The van der Waals surface area contributed by atoms with Crippen LogP contribution in [0.3, 0.4) is 0 Å². The number of rotatable bonds is 3. The summed E-state index contributed by atoms with van der Waals surface area (Å²) in [7, 11) is 0. The van der Waals surface area contributed by atoms with Gasteiger partial charge in [-0.3, -0.25) is 0 Å². The Balaban J connectivity index is 1.92. The fourth-order valence-electron chi connectivity index (χ4n) is 3.29. The van der Waals surface area contributed by atoms with E-state index < -0.39 is 0 Å². The third-order valence-electron chi connectivity index (χ3n) is 4.47. The average molecular weight is 361 g/mol. The Kier molecular flexibility index (Phi) is 4.15. The van der Waals surface area contributed by atoms with Gasteiger partial charge in [0.25, 0.3) is 0 Å². The predicted octanol–water partition coefficient (Wildman–Crippen LogP) is 1.50. The van der Waals surface area contributed by atoms with Gasteiger partial charge in [-0.05, 0) is 63.6 Å². The van der Waals surface area contributed by atoms with Gasteiger partial charge in [-0.1, -0.05) is 0 Å². The molecule has 1 aliphatic rings. The number of aromatic amines is 2. The number of benzene rings is 1. The van der Waals surface area contributed by atoms with Crippen LogP contribution < -0.4 is 26.0 Å². The average Bonchev–Trinajstić information content (AvgIpc) is 3.25. The van der Waals surface area contributed by atoms with Crippen molar-refractivity contribution in [2.45, 2.75) is 33.8 Å². The zero-order chi connectivity index (χ0) is 19.1. The minimum atomic E-state index is 0.0657. The fraction of sp³-hybridized carbons (Fsp3) is 0.227. The molecule has 0 saturated carbocycles. The Labute approximate surface area is 157 Å². The van der Waals surface area contributed by atoms with Crippen molar-refractivity contribution in [3.8, 4) is 11.5 Å². The lowest BCUT2D eigenvalue weighted by atomic mass is 10.2. The van der Waals surface area contributed by atoms with Crippen LogP contribution in [-0.2, 0) is 0 Å². The van der Waals surface area contributed by atoms with Crippen LogP contribution in [0.25, 0.3) is 17.8 Å². The molecule has 3 N–H and O–H groups in total. The van der Waals surface area contributed by atoms with Gasteiger partial charge in [-0.25, -0.2) is 4.99 Å². The largest absolute Gasteiger partial charge is 0.508 e. The number of hydrogen-bond donors (Lipinski definition) is 3. The molecule has 0 radical (unpaired) electrons. The van der Waals surface area contributed by atoms with Gasteiger partial charge in [0.1, 0.15) is 11.5 Å². The molecule has 0 aliphatic carbocycles.